The van der Waals surface area contributed by atoms with E-state index >= 15 is 0 Å². The number of hydrogen-bond acceptors (Lipinski definition) is 4. The van der Waals surface area contributed by atoms with E-state index in [1.54, 1.807) is 12.1 Å². The molecule has 0 saturated heterocycles. The Morgan fingerprint density at radius 2 is 2.35 bits per heavy atom. The van der Waals surface area contributed by atoms with Crippen molar-refractivity contribution in [2.75, 3.05) is 6.61 Å². The zero-order valence-corrected chi connectivity index (χ0v) is 13.9. The van der Waals surface area contributed by atoms with Crippen molar-refractivity contribution < 1.29 is 13.9 Å². The monoisotopic (exact) mass is 332 g/mol. The number of benzene rings is 1. The van der Waals surface area contributed by atoms with Crippen LogP contribution in [0.5, 0.6) is 0 Å². The minimum absolute atomic E-state index is 0.0551. The summed E-state index contributed by atoms with van der Waals surface area (Å²) < 4.78 is 11.2. The van der Waals surface area contributed by atoms with E-state index in [9.17, 15) is 4.79 Å². The lowest BCUT2D eigenvalue weighted by atomic mass is 9.51. The topological polar surface area (TPSA) is 67.3 Å². The highest BCUT2D eigenvalue weighted by atomic mass is 32.1. The van der Waals surface area contributed by atoms with Gasteiger partial charge in [-0.2, -0.15) is 0 Å². The van der Waals surface area contributed by atoms with Gasteiger partial charge in [0.05, 0.1) is 11.6 Å². The van der Waals surface area contributed by atoms with Gasteiger partial charge in [0.15, 0.2) is 5.58 Å². The second kappa shape index (κ2) is 5.46. The summed E-state index contributed by atoms with van der Waals surface area (Å²) in [5, 5.41) is 3.19. The molecule has 1 aromatic heterocycles. The van der Waals surface area contributed by atoms with Crippen LogP contribution in [0, 0.1) is 10.3 Å². The molecule has 2 fully saturated rings. The van der Waals surface area contributed by atoms with E-state index in [-0.39, 0.29) is 17.4 Å². The van der Waals surface area contributed by atoms with Crippen molar-refractivity contribution in [2.24, 2.45) is 5.41 Å². The number of fused-ring (bicyclic) bond motifs is 1. The maximum absolute atomic E-state index is 12.6. The van der Waals surface area contributed by atoms with Gasteiger partial charge in [-0.3, -0.25) is 4.79 Å². The minimum atomic E-state index is -0.0551. The molecule has 0 radical (unpaired) electrons. The summed E-state index contributed by atoms with van der Waals surface area (Å²) in [5.74, 6) is -0.0551. The lowest BCUT2D eigenvalue weighted by Gasteiger charge is -2.61. The largest absolute Gasteiger partial charge is 0.429 e. The third-order valence-corrected chi connectivity index (χ3v) is 5.61. The van der Waals surface area contributed by atoms with Crippen molar-refractivity contribution in [3.8, 4) is 0 Å². The van der Waals surface area contributed by atoms with E-state index in [4.69, 9.17) is 21.4 Å². The molecule has 2 aliphatic carbocycles. The van der Waals surface area contributed by atoms with Gasteiger partial charge in [0.25, 0.3) is 10.7 Å². The number of oxazole rings is 1. The van der Waals surface area contributed by atoms with Gasteiger partial charge in [-0.1, -0.05) is 6.42 Å². The first-order chi connectivity index (χ1) is 11.1. The maximum Gasteiger partial charge on any atom is 0.266 e. The van der Waals surface area contributed by atoms with E-state index < -0.39 is 0 Å². The van der Waals surface area contributed by atoms with E-state index in [0.29, 0.717) is 22.1 Å². The van der Waals surface area contributed by atoms with Crippen LogP contribution in [0.25, 0.3) is 11.1 Å². The van der Waals surface area contributed by atoms with Crippen molar-refractivity contribution in [3.05, 3.63) is 28.6 Å². The average Bonchev–Trinajstić information content (AvgIpc) is 2.83. The Hall–Kier alpha value is -1.66. The molecule has 2 atom stereocenters. The number of H-pyrrole nitrogens is 1. The fraction of sp³-hybridized carbons (Fsp3) is 0.529. The molecule has 23 heavy (non-hydrogen) atoms. The second-order valence-corrected chi connectivity index (χ2v) is 6.89. The van der Waals surface area contributed by atoms with Gasteiger partial charge in [-0.05, 0) is 56.6 Å². The number of amides is 1. The standard InChI is InChI=1S/C17H20N2O3S/c1-2-21-14-9-13(17(14)6-3-7-17)19-15(20)10-4-5-11-12(8-10)22-16(23)18-11/h4-5,8,13-14H,2-3,6-7,9H2,1H3,(H,18,23)(H,19,20)/t13-,14-/m1/s1. The Bertz CT molecular complexity index is 806. The summed E-state index contributed by atoms with van der Waals surface area (Å²) in [6.07, 6.45) is 4.73. The quantitative estimate of drug-likeness (QED) is 0.840. The lowest BCUT2D eigenvalue weighted by Crippen LogP contribution is -2.67. The summed E-state index contributed by atoms with van der Waals surface area (Å²) in [5.41, 5.74) is 2.19. The predicted octanol–water partition coefficient (Wildman–Crippen LogP) is 3.57. The first-order valence-electron chi connectivity index (χ1n) is 8.18. The Morgan fingerprint density at radius 3 is 3.04 bits per heavy atom. The van der Waals surface area contributed by atoms with Crippen LogP contribution < -0.4 is 5.32 Å². The normalized spacial score (nSPS) is 25.1. The molecule has 0 unspecified atom stereocenters. The highest BCUT2D eigenvalue weighted by Crippen LogP contribution is 2.57. The van der Waals surface area contributed by atoms with E-state index in [0.717, 1.165) is 31.4 Å². The highest BCUT2D eigenvalue weighted by molar-refractivity contribution is 7.71. The maximum atomic E-state index is 12.6. The fourth-order valence-corrected chi connectivity index (χ4v) is 4.17. The molecule has 2 N–H and O–H groups in total. The number of nitrogens with one attached hydrogen (secondary N) is 2. The molecule has 2 aliphatic rings. The number of aromatic amines is 1. The summed E-state index contributed by atoms with van der Waals surface area (Å²) in [4.78, 5) is 15.8. The first kappa shape index (κ1) is 14.9. The highest BCUT2D eigenvalue weighted by Gasteiger charge is 2.59. The average molecular weight is 332 g/mol. The van der Waals surface area contributed by atoms with Crippen LogP contribution in [0.1, 0.15) is 43.0 Å². The lowest BCUT2D eigenvalue weighted by molar-refractivity contribution is -0.169. The molecule has 0 bridgehead atoms. The Kier molecular flexibility index (Phi) is 3.54. The summed E-state index contributed by atoms with van der Waals surface area (Å²) >= 11 is 4.97. The van der Waals surface area contributed by atoms with Crippen LogP contribution >= 0.6 is 12.2 Å². The van der Waals surface area contributed by atoms with Gasteiger partial charge in [-0.15, -0.1) is 0 Å². The molecule has 1 heterocycles. The number of hydrogen-bond donors (Lipinski definition) is 2. The van der Waals surface area contributed by atoms with Crippen LogP contribution in [0.3, 0.4) is 0 Å². The third-order valence-electron chi connectivity index (χ3n) is 5.43. The van der Waals surface area contributed by atoms with Gasteiger partial charge in [0, 0.05) is 23.6 Å². The van der Waals surface area contributed by atoms with Gasteiger partial charge in [0.1, 0.15) is 0 Å². The zero-order valence-electron chi connectivity index (χ0n) is 13.1. The van der Waals surface area contributed by atoms with Crippen LogP contribution in [0.4, 0.5) is 0 Å². The Labute approximate surface area is 139 Å². The van der Waals surface area contributed by atoms with Crippen LogP contribution in [-0.2, 0) is 4.74 Å². The van der Waals surface area contributed by atoms with Crippen molar-refractivity contribution in [1.29, 1.82) is 0 Å². The summed E-state index contributed by atoms with van der Waals surface area (Å²) in [6.45, 7) is 2.77. The van der Waals surface area contributed by atoms with E-state index in [1.165, 1.54) is 6.42 Å². The summed E-state index contributed by atoms with van der Waals surface area (Å²) in [6, 6.07) is 5.58. The molecule has 2 aromatic rings. The molecular weight excluding hydrogens is 312 g/mol. The predicted molar refractivity (Wildman–Crippen MR) is 89.0 cm³/mol. The Morgan fingerprint density at radius 1 is 1.52 bits per heavy atom. The Balaban J connectivity index is 1.50. The fourth-order valence-electron chi connectivity index (χ4n) is 3.97. The van der Waals surface area contributed by atoms with Crippen molar-refractivity contribution in [2.45, 2.75) is 44.8 Å². The van der Waals surface area contributed by atoms with Crippen LogP contribution in [0.15, 0.2) is 22.6 Å². The minimum Gasteiger partial charge on any atom is -0.429 e. The van der Waals surface area contributed by atoms with Gasteiger partial charge in [0.2, 0.25) is 0 Å². The number of rotatable bonds is 4. The third kappa shape index (κ3) is 2.32. The van der Waals surface area contributed by atoms with Crippen LogP contribution in [0.2, 0.25) is 0 Å². The second-order valence-electron chi connectivity index (χ2n) is 6.52. The van der Waals surface area contributed by atoms with Gasteiger partial charge >= 0.3 is 0 Å². The first-order valence-corrected chi connectivity index (χ1v) is 8.58. The smallest absolute Gasteiger partial charge is 0.266 e. The summed E-state index contributed by atoms with van der Waals surface area (Å²) in [7, 11) is 0. The molecule has 122 valence electrons. The molecule has 1 aromatic carbocycles. The van der Waals surface area contributed by atoms with Crippen molar-refractivity contribution >= 4 is 29.2 Å². The molecule has 1 amide bonds. The molecule has 1 spiro atoms. The van der Waals surface area contributed by atoms with Gasteiger partial charge < -0.3 is 19.5 Å². The number of carbonyl (C=O) groups excluding carboxylic acids is 1. The van der Waals surface area contributed by atoms with Gasteiger partial charge in [-0.25, -0.2) is 0 Å². The SMILES string of the molecule is CCO[C@@H]1C[C@@H](NC(=O)c2ccc3[nH]c(=S)oc3c2)C12CCC2. The number of carbonyl (C=O) groups is 1. The molecule has 4 rings (SSSR count). The molecular formula is C17H20N2O3S. The van der Waals surface area contributed by atoms with Crippen molar-refractivity contribution in [1.82, 2.24) is 10.3 Å². The molecule has 5 nitrogen and oxygen atoms in total. The van der Waals surface area contributed by atoms with Crippen molar-refractivity contribution in [3.63, 3.8) is 0 Å². The van der Waals surface area contributed by atoms with E-state index in [1.807, 2.05) is 13.0 Å². The molecule has 2 saturated carbocycles. The zero-order chi connectivity index (χ0) is 16.0. The number of aromatic nitrogens is 1. The number of ether oxygens (including phenoxy) is 1. The molecule has 0 aliphatic heterocycles. The van der Waals surface area contributed by atoms with E-state index in [2.05, 4.69) is 10.3 Å². The molecule has 6 heteroatoms. The van der Waals surface area contributed by atoms with Crippen LogP contribution in [-0.4, -0.2) is 29.6 Å².